The summed E-state index contributed by atoms with van der Waals surface area (Å²) in [6.45, 7) is 4.60. The summed E-state index contributed by atoms with van der Waals surface area (Å²) >= 11 is 0. The summed E-state index contributed by atoms with van der Waals surface area (Å²) in [5.74, 6) is 0.730. The molecule has 2 aliphatic heterocycles. The van der Waals surface area contributed by atoms with E-state index in [0.717, 1.165) is 57.7 Å². The Bertz CT molecular complexity index is 359. The Balaban J connectivity index is 1.83. The molecule has 21 heavy (non-hydrogen) atoms. The molecule has 0 aromatic carbocycles. The molecule has 5 nitrogen and oxygen atoms in total. The van der Waals surface area contributed by atoms with E-state index in [9.17, 15) is 9.59 Å². The summed E-state index contributed by atoms with van der Waals surface area (Å²) in [4.78, 5) is 26.2. The van der Waals surface area contributed by atoms with Crippen molar-refractivity contribution in [2.75, 3.05) is 19.6 Å². The number of carbonyl (C=O) groups excluding carboxylic acids is 2. The van der Waals surface area contributed by atoms with E-state index in [2.05, 4.69) is 17.6 Å². The van der Waals surface area contributed by atoms with E-state index >= 15 is 0 Å². The van der Waals surface area contributed by atoms with Crippen molar-refractivity contribution in [3.05, 3.63) is 0 Å². The zero-order valence-electron chi connectivity index (χ0n) is 13.2. The maximum absolute atomic E-state index is 12.4. The minimum atomic E-state index is -0.352. The van der Waals surface area contributed by atoms with Crippen molar-refractivity contribution >= 4 is 11.9 Å². The summed E-state index contributed by atoms with van der Waals surface area (Å²) < 4.78 is 0. The summed E-state index contributed by atoms with van der Waals surface area (Å²) in [6.07, 6.45) is 8.63. The first-order valence-corrected chi connectivity index (χ1v) is 8.54. The molecule has 2 rings (SSSR count). The molecule has 0 unspecified atom stereocenters. The third-order valence-corrected chi connectivity index (χ3v) is 4.66. The van der Waals surface area contributed by atoms with Crippen LogP contribution in [0.1, 0.15) is 58.3 Å². The largest absolute Gasteiger partial charge is 0.354 e. The van der Waals surface area contributed by atoms with E-state index in [1.807, 2.05) is 4.90 Å². The first-order valence-electron chi connectivity index (χ1n) is 8.54. The van der Waals surface area contributed by atoms with Crippen molar-refractivity contribution in [1.82, 2.24) is 15.5 Å². The number of urea groups is 1. The van der Waals surface area contributed by atoms with Gasteiger partial charge in [0.2, 0.25) is 5.91 Å². The van der Waals surface area contributed by atoms with Gasteiger partial charge in [0.05, 0.1) is 0 Å². The van der Waals surface area contributed by atoms with Gasteiger partial charge in [-0.25, -0.2) is 4.79 Å². The molecule has 0 bridgehead atoms. The Hall–Kier alpha value is -1.26. The van der Waals surface area contributed by atoms with E-state index in [4.69, 9.17) is 0 Å². The molecule has 2 atom stereocenters. The van der Waals surface area contributed by atoms with Crippen molar-refractivity contribution in [2.45, 2.75) is 64.3 Å². The first kappa shape index (κ1) is 16.1. The summed E-state index contributed by atoms with van der Waals surface area (Å²) in [5, 5.41) is 5.79. The molecule has 5 heteroatoms. The van der Waals surface area contributed by atoms with Gasteiger partial charge in [-0.1, -0.05) is 19.8 Å². The lowest BCUT2D eigenvalue weighted by Gasteiger charge is -2.24. The van der Waals surface area contributed by atoms with Crippen molar-refractivity contribution in [3.8, 4) is 0 Å². The number of amides is 3. The zero-order valence-corrected chi connectivity index (χ0v) is 13.2. The van der Waals surface area contributed by atoms with Crippen LogP contribution in [0.25, 0.3) is 0 Å². The molecule has 3 amide bonds. The SMILES string of the molecule is CCC[C@H]1CCCN(C(=O)N[C@H]2CCCCNC2=O)CC1. The van der Waals surface area contributed by atoms with Gasteiger partial charge in [-0.15, -0.1) is 0 Å². The average Bonchev–Trinajstić information content (AvgIpc) is 2.81. The Labute approximate surface area is 127 Å². The summed E-state index contributed by atoms with van der Waals surface area (Å²) in [7, 11) is 0. The minimum Gasteiger partial charge on any atom is -0.354 e. The van der Waals surface area contributed by atoms with Crippen LogP contribution in [0.5, 0.6) is 0 Å². The highest BCUT2D eigenvalue weighted by atomic mass is 16.2. The van der Waals surface area contributed by atoms with Crippen LogP contribution in [-0.4, -0.2) is 42.5 Å². The lowest BCUT2D eigenvalue weighted by molar-refractivity contribution is -0.122. The maximum atomic E-state index is 12.4. The number of likely N-dealkylation sites (tertiary alicyclic amines) is 1. The number of nitrogens with zero attached hydrogens (tertiary/aromatic N) is 1. The highest BCUT2D eigenvalue weighted by Crippen LogP contribution is 2.22. The Morgan fingerprint density at radius 1 is 1.24 bits per heavy atom. The highest BCUT2D eigenvalue weighted by molar-refractivity contribution is 5.87. The second-order valence-electron chi connectivity index (χ2n) is 6.36. The third-order valence-electron chi connectivity index (χ3n) is 4.66. The molecule has 2 saturated heterocycles. The van der Waals surface area contributed by atoms with Gasteiger partial charge < -0.3 is 15.5 Å². The smallest absolute Gasteiger partial charge is 0.318 e. The molecule has 120 valence electrons. The van der Waals surface area contributed by atoms with Crippen LogP contribution in [-0.2, 0) is 4.79 Å². The average molecular weight is 295 g/mol. The Morgan fingerprint density at radius 3 is 2.90 bits per heavy atom. The lowest BCUT2D eigenvalue weighted by atomic mass is 9.96. The number of carbonyl (C=O) groups is 2. The molecule has 0 saturated carbocycles. The fraction of sp³-hybridized carbons (Fsp3) is 0.875. The zero-order chi connectivity index (χ0) is 15.1. The van der Waals surface area contributed by atoms with Crippen molar-refractivity contribution in [1.29, 1.82) is 0 Å². The van der Waals surface area contributed by atoms with Gasteiger partial charge in [0, 0.05) is 19.6 Å². The van der Waals surface area contributed by atoms with E-state index < -0.39 is 0 Å². The fourth-order valence-corrected chi connectivity index (χ4v) is 3.38. The molecule has 0 spiro atoms. The topological polar surface area (TPSA) is 61.4 Å². The van der Waals surface area contributed by atoms with Crippen LogP contribution in [0, 0.1) is 5.92 Å². The van der Waals surface area contributed by atoms with Crippen LogP contribution in [0.3, 0.4) is 0 Å². The maximum Gasteiger partial charge on any atom is 0.318 e. The Kier molecular flexibility index (Phi) is 6.33. The number of hydrogen-bond acceptors (Lipinski definition) is 2. The molecule has 0 aliphatic carbocycles. The monoisotopic (exact) mass is 295 g/mol. The highest BCUT2D eigenvalue weighted by Gasteiger charge is 2.26. The Morgan fingerprint density at radius 2 is 2.10 bits per heavy atom. The lowest BCUT2D eigenvalue weighted by Crippen LogP contribution is -2.50. The summed E-state index contributed by atoms with van der Waals surface area (Å²) in [6, 6.07) is -0.413. The van der Waals surface area contributed by atoms with Gasteiger partial charge in [-0.05, 0) is 44.4 Å². The number of nitrogens with one attached hydrogen (secondary N) is 2. The molecule has 0 radical (unpaired) electrons. The van der Waals surface area contributed by atoms with Crippen molar-refractivity contribution in [3.63, 3.8) is 0 Å². The second kappa shape index (κ2) is 8.25. The normalized spacial score (nSPS) is 27.5. The van der Waals surface area contributed by atoms with Gasteiger partial charge in [0.15, 0.2) is 0 Å². The van der Waals surface area contributed by atoms with Crippen LogP contribution in [0.15, 0.2) is 0 Å². The molecular formula is C16H29N3O2. The summed E-state index contributed by atoms with van der Waals surface area (Å²) in [5.41, 5.74) is 0. The van der Waals surface area contributed by atoms with E-state index in [-0.39, 0.29) is 18.0 Å². The quantitative estimate of drug-likeness (QED) is 0.839. The standard InChI is InChI=1S/C16H29N3O2/c1-2-6-13-7-5-11-19(12-9-13)16(21)18-14-8-3-4-10-17-15(14)20/h13-14H,2-12H2,1H3,(H,17,20)(H,18,21)/t13-,14-/m0/s1. The number of rotatable bonds is 3. The van der Waals surface area contributed by atoms with Crippen LogP contribution in [0.4, 0.5) is 4.79 Å². The van der Waals surface area contributed by atoms with Crippen LogP contribution >= 0.6 is 0 Å². The first-order chi connectivity index (χ1) is 10.2. The van der Waals surface area contributed by atoms with Gasteiger partial charge in [-0.2, -0.15) is 0 Å². The predicted molar refractivity (Wildman–Crippen MR) is 83.0 cm³/mol. The van der Waals surface area contributed by atoms with E-state index in [1.165, 1.54) is 19.3 Å². The van der Waals surface area contributed by atoms with Gasteiger partial charge in [0.1, 0.15) is 6.04 Å². The van der Waals surface area contributed by atoms with Crippen molar-refractivity contribution in [2.24, 2.45) is 5.92 Å². The van der Waals surface area contributed by atoms with Crippen LogP contribution in [0.2, 0.25) is 0 Å². The molecule has 2 fully saturated rings. The number of hydrogen-bond donors (Lipinski definition) is 2. The molecule has 2 heterocycles. The minimum absolute atomic E-state index is 0.0282. The van der Waals surface area contributed by atoms with E-state index in [1.54, 1.807) is 0 Å². The molecular weight excluding hydrogens is 266 g/mol. The molecule has 2 N–H and O–H groups in total. The fourth-order valence-electron chi connectivity index (χ4n) is 3.38. The molecule has 0 aromatic heterocycles. The van der Waals surface area contributed by atoms with Gasteiger partial charge in [0.25, 0.3) is 0 Å². The predicted octanol–water partition coefficient (Wildman–Crippen LogP) is 2.27. The van der Waals surface area contributed by atoms with Crippen LogP contribution < -0.4 is 10.6 Å². The second-order valence-corrected chi connectivity index (χ2v) is 6.36. The van der Waals surface area contributed by atoms with E-state index in [0.29, 0.717) is 0 Å². The van der Waals surface area contributed by atoms with Gasteiger partial charge in [-0.3, -0.25) is 4.79 Å². The van der Waals surface area contributed by atoms with Gasteiger partial charge >= 0.3 is 6.03 Å². The molecule has 2 aliphatic rings. The third kappa shape index (κ3) is 4.90. The van der Waals surface area contributed by atoms with Crippen molar-refractivity contribution < 1.29 is 9.59 Å². The molecule has 0 aromatic rings.